The molecule has 10 nitrogen and oxygen atoms in total. The van der Waals surface area contributed by atoms with Crippen LogP contribution in [0, 0.1) is 0 Å². The maximum atomic E-state index is 11.4. The standard InChI is InChI=1S/C3H11O10P3/c1-9-14(4,5)12-16(8,11-3)13-15(6,7)10-2/h1-3H3,(H,4,5)(H,6,7). The minimum absolute atomic E-state index is 0.770. The van der Waals surface area contributed by atoms with Crippen LogP contribution < -0.4 is 0 Å². The third-order valence-electron chi connectivity index (χ3n) is 1.09. The third kappa shape index (κ3) is 5.65. The van der Waals surface area contributed by atoms with Gasteiger partial charge >= 0.3 is 23.5 Å². The van der Waals surface area contributed by atoms with E-state index in [1.807, 2.05) is 0 Å². The lowest BCUT2D eigenvalue weighted by atomic mass is 11.8. The van der Waals surface area contributed by atoms with Gasteiger partial charge in [-0.2, -0.15) is 8.62 Å². The van der Waals surface area contributed by atoms with Crippen molar-refractivity contribution in [2.75, 3.05) is 21.3 Å². The first-order valence-corrected chi connectivity index (χ1v) is 7.90. The Balaban J connectivity index is 4.89. The molecular weight excluding hydrogens is 289 g/mol. The zero-order chi connectivity index (χ0) is 13.0. The van der Waals surface area contributed by atoms with Gasteiger partial charge in [0.25, 0.3) is 0 Å². The zero-order valence-corrected chi connectivity index (χ0v) is 11.2. The fraction of sp³-hybridized carbons (Fsp3) is 1.00. The SMILES string of the molecule is COP(=O)(O)OP(=O)(OC)OP(=O)(O)OC. The summed E-state index contributed by atoms with van der Waals surface area (Å²) < 4.78 is 53.1. The van der Waals surface area contributed by atoms with Crippen LogP contribution in [0.5, 0.6) is 0 Å². The van der Waals surface area contributed by atoms with E-state index in [0.717, 1.165) is 21.3 Å². The average molecular weight is 300 g/mol. The van der Waals surface area contributed by atoms with E-state index in [1.54, 1.807) is 0 Å². The summed E-state index contributed by atoms with van der Waals surface area (Å²) >= 11 is 0. The summed E-state index contributed by atoms with van der Waals surface area (Å²) in [4.78, 5) is 17.7. The van der Waals surface area contributed by atoms with Gasteiger partial charge in [0.05, 0.1) is 0 Å². The van der Waals surface area contributed by atoms with Gasteiger partial charge in [-0.15, -0.1) is 0 Å². The third-order valence-corrected chi connectivity index (χ3v) is 5.71. The molecule has 13 heteroatoms. The van der Waals surface area contributed by atoms with Gasteiger partial charge in [-0.1, -0.05) is 0 Å². The van der Waals surface area contributed by atoms with E-state index in [2.05, 4.69) is 22.2 Å². The van der Waals surface area contributed by atoms with Crippen molar-refractivity contribution in [3.8, 4) is 0 Å². The molecule has 0 fully saturated rings. The summed E-state index contributed by atoms with van der Waals surface area (Å²) in [6.07, 6.45) is 0. The van der Waals surface area contributed by atoms with E-state index >= 15 is 0 Å². The second-order valence-electron chi connectivity index (χ2n) is 2.10. The van der Waals surface area contributed by atoms with Crippen molar-refractivity contribution in [1.82, 2.24) is 0 Å². The monoisotopic (exact) mass is 300 g/mol. The Morgan fingerprint density at radius 3 is 1.25 bits per heavy atom. The van der Waals surface area contributed by atoms with Crippen molar-refractivity contribution in [3.05, 3.63) is 0 Å². The van der Waals surface area contributed by atoms with Gasteiger partial charge in [-0.3, -0.25) is 13.6 Å². The van der Waals surface area contributed by atoms with Crippen LogP contribution in [-0.2, 0) is 35.9 Å². The van der Waals surface area contributed by atoms with E-state index in [-0.39, 0.29) is 0 Å². The molecule has 0 aromatic carbocycles. The molecule has 2 N–H and O–H groups in total. The summed E-state index contributed by atoms with van der Waals surface area (Å²) in [6.45, 7) is 0. The first-order valence-electron chi connectivity index (χ1n) is 3.45. The Morgan fingerprint density at radius 1 is 0.750 bits per heavy atom. The molecule has 0 saturated heterocycles. The first-order chi connectivity index (χ1) is 7.10. The number of phosphoric acid groups is 3. The summed E-state index contributed by atoms with van der Waals surface area (Å²) in [5.41, 5.74) is 0. The highest BCUT2D eigenvalue weighted by Gasteiger charge is 2.43. The van der Waals surface area contributed by atoms with Crippen LogP contribution in [0.15, 0.2) is 0 Å². The van der Waals surface area contributed by atoms with Crippen LogP contribution in [0.4, 0.5) is 0 Å². The van der Waals surface area contributed by atoms with Gasteiger partial charge in [0, 0.05) is 21.3 Å². The number of hydrogen-bond acceptors (Lipinski definition) is 8. The van der Waals surface area contributed by atoms with Crippen LogP contribution >= 0.6 is 23.5 Å². The molecule has 0 aromatic heterocycles. The van der Waals surface area contributed by atoms with Crippen LogP contribution in [0.1, 0.15) is 0 Å². The fourth-order valence-electron chi connectivity index (χ4n) is 0.401. The topological polar surface area (TPSA) is 138 Å². The van der Waals surface area contributed by atoms with Crippen LogP contribution in [-0.4, -0.2) is 31.1 Å². The molecule has 0 spiro atoms. The molecule has 0 radical (unpaired) electrons. The van der Waals surface area contributed by atoms with Gasteiger partial charge in [-0.25, -0.2) is 13.7 Å². The molecule has 0 heterocycles. The Morgan fingerprint density at radius 2 is 1.06 bits per heavy atom. The summed E-state index contributed by atoms with van der Waals surface area (Å²) in [5.74, 6) is 0. The lowest BCUT2D eigenvalue weighted by Gasteiger charge is -2.18. The molecule has 0 rings (SSSR count). The normalized spacial score (nSPS) is 23.1. The number of phosphoric ester groups is 2. The van der Waals surface area contributed by atoms with Crippen LogP contribution in [0.2, 0.25) is 0 Å². The van der Waals surface area contributed by atoms with Gasteiger partial charge in [0.2, 0.25) is 0 Å². The van der Waals surface area contributed by atoms with Gasteiger partial charge in [0.15, 0.2) is 0 Å². The molecule has 0 aliphatic heterocycles. The van der Waals surface area contributed by atoms with E-state index in [4.69, 9.17) is 9.79 Å². The molecule has 0 saturated carbocycles. The molecule has 16 heavy (non-hydrogen) atoms. The number of rotatable bonds is 7. The predicted molar refractivity (Wildman–Crippen MR) is 50.5 cm³/mol. The van der Waals surface area contributed by atoms with Gasteiger partial charge in [0.1, 0.15) is 0 Å². The number of hydrogen-bond donors (Lipinski definition) is 2. The Hall–Kier alpha value is 0.410. The van der Waals surface area contributed by atoms with Crippen molar-refractivity contribution in [1.29, 1.82) is 0 Å². The van der Waals surface area contributed by atoms with Crippen molar-refractivity contribution < 1.29 is 45.7 Å². The van der Waals surface area contributed by atoms with E-state index in [1.165, 1.54) is 0 Å². The maximum Gasteiger partial charge on any atom is 0.492 e. The summed E-state index contributed by atoms with van der Waals surface area (Å²) in [5, 5.41) is 0. The highest BCUT2D eigenvalue weighted by atomic mass is 31.3. The van der Waals surface area contributed by atoms with Crippen molar-refractivity contribution >= 4 is 23.5 Å². The predicted octanol–water partition coefficient (Wildman–Crippen LogP) is 1.27. The Kier molecular flexibility index (Phi) is 5.99. The Labute approximate surface area is 91.3 Å². The molecule has 0 aliphatic carbocycles. The molecule has 2 unspecified atom stereocenters. The molecule has 0 amide bonds. The summed E-state index contributed by atoms with van der Waals surface area (Å²) in [7, 11) is -11.8. The second-order valence-corrected chi connectivity index (χ2v) is 7.27. The van der Waals surface area contributed by atoms with E-state index in [0.29, 0.717) is 0 Å². The highest BCUT2D eigenvalue weighted by Crippen LogP contribution is 2.69. The first kappa shape index (κ1) is 16.4. The van der Waals surface area contributed by atoms with Crippen molar-refractivity contribution in [2.45, 2.75) is 0 Å². The van der Waals surface area contributed by atoms with Crippen LogP contribution in [0.25, 0.3) is 0 Å². The Bertz CT molecular complexity index is 332. The minimum atomic E-state index is -4.75. The molecule has 0 aliphatic rings. The zero-order valence-electron chi connectivity index (χ0n) is 8.50. The van der Waals surface area contributed by atoms with Crippen LogP contribution in [0.3, 0.4) is 0 Å². The highest BCUT2D eigenvalue weighted by molar-refractivity contribution is 7.67. The molecule has 0 bridgehead atoms. The lowest BCUT2D eigenvalue weighted by molar-refractivity contribution is 0.168. The van der Waals surface area contributed by atoms with Crippen molar-refractivity contribution in [3.63, 3.8) is 0 Å². The fourth-order valence-corrected chi connectivity index (χ4v) is 3.88. The quantitative estimate of drug-likeness (QED) is 0.660. The van der Waals surface area contributed by atoms with Gasteiger partial charge < -0.3 is 9.79 Å². The molecule has 98 valence electrons. The molecule has 0 aromatic rings. The minimum Gasteiger partial charge on any atom is -0.302 e. The average Bonchev–Trinajstić information content (AvgIpc) is 2.16. The largest absolute Gasteiger partial charge is 0.492 e. The second kappa shape index (κ2) is 5.84. The molecular formula is C3H11O10P3. The maximum absolute atomic E-state index is 11.4. The van der Waals surface area contributed by atoms with Crippen molar-refractivity contribution in [2.24, 2.45) is 0 Å². The lowest BCUT2D eigenvalue weighted by Crippen LogP contribution is -1.97. The smallest absolute Gasteiger partial charge is 0.302 e. The molecule has 2 atom stereocenters. The van der Waals surface area contributed by atoms with Gasteiger partial charge in [-0.05, 0) is 0 Å². The van der Waals surface area contributed by atoms with E-state index in [9.17, 15) is 13.7 Å². The summed E-state index contributed by atoms with van der Waals surface area (Å²) in [6, 6.07) is 0. The van der Waals surface area contributed by atoms with E-state index < -0.39 is 23.5 Å².